The fourth-order valence-corrected chi connectivity index (χ4v) is 3.38. The third kappa shape index (κ3) is 14.1. The summed E-state index contributed by atoms with van der Waals surface area (Å²) in [5, 5.41) is 5.44. The number of amides is 2. The van der Waals surface area contributed by atoms with Crippen LogP contribution < -0.4 is 15.4 Å². The molecule has 2 unspecified atom stereocenters. The van der Waals surface area contributed by atoms with Crippen molar-refractivity contribution in [3.05, 3.63) is 29.8 Å². The number of alkyl carbamates (subject to hydrolysis) is 1. The van der Waals surface area contributed by atoms with Crippen LogP contribution in [0.25, 0.3) is 0 Å². The van der Waals surface area contributed by atoms with Crippen LogP contribution in [0.1, 0.15) is 78.2 Å². The Kier molecular flexibility index (Phi) is 14.1. The first-order chi connectivity index (χ1) is 17.5. The first-order valence-corrected chi connectivity index (χ1v) is 12.7. The molecule has 0 saturated carbocycles. The lowest BCUT2D eigenvalue weighted by Crippen LogP contribution is -2.43. The van der Waals surface area contributed by atoms with Gasteiger partial charge in [-0.15, -0.1) is 0 Å². The number of esters is 2. The minimum Gasteiger partial charge on any atom is -0.471 e. The number of carbonyl (C=O) groups excluding carboxylic acids is 4. The van der Waals surface area contributed by atoms with Crippen molar-refractivity contribution >= 4 is 23.9 Å². The molecule has 2 atom stereocenters. The molecule has 0 aliphatic carbocycles. The van der Waals surface area contributed by atoms with Crippen molar-refractivity contribution in [1.82, 2.24) is 10.6 Å². The highest BCUT2D eigenvalue weighted by molar-refractivity contribution is 5.84. The van der Waals surface area contributed by atoms with Gasteiger partial charge in [0.15, 0.2) is 6.23 Å². The zero-order valence-electron chi connectivity index (χ0n) is 22.9. The predicted octanol–water partition coefficient (Wildman–Crippen LogP) is 4.04. The SMILES string of the molecule is CCCCCC(NC(=O)OC(C)(C)C)Oc1ccc(CC(NC(=O)CCCC(=O)OC)C(=O)OC)cc1. The van der Waals surface area contributed by atoms with Crippen LogP contribution in [0.15, 0.2) is 24.3 Å². The van der Waals surface area contributed by atoms with E-state index in [1.54, 1.807) is 45.0 Å². The summed E-state index contributed by atoms with van der Waals surface area (Å²) in [5.41, 5.74) is 0.160. The molecule has 0 bridgehead atoms. The van der Waals surface area contributed by atoms with Gasteiger partial charge in [0.1, 0.15) is 17.4 Å². The molecule has 2 amide bonds. The van der Waals surface area contributed by atoms with E-state index in [-0.39, 0.29) is 25.2 Å². The van der Waals surface area contributed by atoms with Gasteiger partial charge < -0.3 is 24.3 Å². The second-order valence-corrected chi connectivity index (χ2v) is 9.67. The fourth-order valence-electron chi connectivity index (χ4n) is 3.38. The minimum atomic E-state index is -0.877. The van der Waals surface area contributed by atoms with E-state index >= 15 is 0 Å². The predicted molar refractivity (Wildman–Crippen MR) is 138 cm³/mol. The number of methoxy groups -OCH3 is 2. The van der Waals surface area contributed by atoms with E-state index in [0.29, 0.717) is 18.6 Å². The largest absolute Gasteiger partial charge is 0.471 e. The molecule has 0 spiro atoms. The van der Waals surface area contributed by atoms with Crippen LogP contribution in [0.3, 0.4) is 0 Å². The van der Waals surface area contributed by atoms with Gasteiger partial charge in [0, 0.05) is 25.7 Å². The van der Waals surface area contributed by atoms with Crippen molar-refractivity contribution in [2.24, 2.45) is 0 Å². The van der Waals surface area contributed by atoms with Gasteiger partial charge in [0.25, 0.3) is 0 Å². The number of nitrogens with one attached hydrogen (secondary N) is 2. The lowest BCUT2D eigenvalue weighted by Gasteiger charge is -2.24. The Morgan fingerprint density at radius 3 is 2.14 bits per heavy atom. The maximum Gasteiger partial charge on any atom is 0.410 e. The Bertz CT molecular complexity index is 864. The van der Waals surface area contributed by atoms with E-state index in [2.05, 4.69) is 22.3 Å². The fraction of sp³-hybridized carbons (Fsp3) is 0.630. The van der Waals surface area contributed by atoms with Crippen molar-refractivity contribution in [3.63, 3.8) is 0 Å². The average molecular weight is 523 g/mol. The maximum atomic E-state index is 12.3. The van der Waals surface area contributed by atoms with Crippen molar-refractivity contribution in [2.45, 2.75) is 96.9 Å². The van der Waals surface area contributed by atoms with Crippen LogP contribution in [0.2, 0.25) is 0 Å². The van der Waals surface area contributed by atoms with Crippen molar-refractivity contribution in [2.75, 3.05) is 14.2 Å². The van der Waals surface area contributed by atoms with Crippen molar-refractivity contribution in [3.8, 4) is 5.75 Å². The minimum absolute atomic E-state index is 0.0828. The highest BCUT2D eigenvalue weighted by Gasteiger charge is 2.23. The Morgan fingerprint density at radius 2 is 1.57 bits per heavy atom. The lowest BCUT2D eigenvalue weighted by atomic mass is 10.1. The monoisotopic (exact) mass is 522 g/mol. The summed E-state index contributed by atoms with van der Waals surface area (Å²) in [5.74, 6) is -0.780. The van der Waals surface area contributed by atoms with E-state index in [0.717, 1.165) is 24.8 Å². The van der Waals surface area contributed by atoms with Crippen LogP contribution in [0, 0.1) is 0 Å². The molecule has 1 rings (SSSR count). The van der Waals surface area contributed by atoms with E-state index in [4.69, 9.17) is 14.2 Å². The van der Waals surface area contributed by atoms with E-state index in [1.165, 1.54) is 14.2 Å². The maximum absolute atomic E-state index is 12.3. The quantitative estimate of drug-likeness (QED) is 0.153. The second kappa shape index (κ2) is 16.4. The van der Waals surface area contributed by atoms with Crippen LogP contribution >= 0.6 is 0 Å². The molecule has 0 saturated heterocycles. The number of unbranched alkanes of at least 4 members (excludes halogenated alkanes) is 2. The summed E-state index contributed by atoms with van der Waals surface area (Å²) in [6, 6.07) is 6.17. The number of hydrogen-bond acceptors (Lipinski definition) is 8. The van der Waals surface area contributed by atoms with Gasteiger partial charge in [-0.05, 0) is 51.3 Å². The molecule has 1 aromatic rings. The number of carbonyl (C=O) groups is 4. The molecule has 0 heterocycles. The number of ether oxygens (including phenoxy) is 4. The molecule has 0 radical (unpaired) electrons. The van der Waals surface area contributed by atoms with Crippen molar-refractivity contribution in [1.29, 1.82) is 0 Å². The van der Waals surface area contributed by atoms with Crippen LogP contribution in [-0.2, 0) is 35.0 Å². The van der Waals surface area contributed by atoms with Crippen LogP contribution in [0.5, 0.6) is 5.75 Å². The second-order valence-electron chi connectivity index (χ2n) is 9.67. The summed E-state index contributed by atoms with van der Waals surface area (Å²) < 4.78 is 20.7. The van der Waals surface area contributed by atoms with Gasteiger partial charge in [-0.2, -0.15) is 0 Å². The Hall–Kier alpha value is -3.30. The van der Waals surface area contributed by atoms with E-state index in [1.807, 2.05) is 0 Å². The van der Waals surface area contributed by atoms with Gasteiger partial charge in [0.2, 0.25) is 5.91 Å². The topological polar surface area (TPSA) is 129 Å². The van der Waals surface area contributed by atoms with E-state index in [9.17, 15) is 19.2 Å². The molecule has 2 N–H and O–H groups in total. The number of rotatable bonds is 15. The molecular formula is C27H42N2O8. The summed E-state index contributed by atoms with van der Waals surface area (Å²) in [4.78, 5) is 47.9. The van der Waals surface area contributed by atoms with Gasteiger partial charge in [0.05, 0.1) is 14.2 Å². The Labute approximate surface area is 219 Å². The Balaban J connectivity index is 2.78. The molecule has 0 aliphatic rings. The highest BCUT2D eigenvalue weighted by Crippen LogP contribution is 2.18. The molecule has 208 valence electrons. The molecular weight excluding hydrogens is 480 g/mol. The Morgan fingerprint density at radius 1 is 0.892 bits per heavy atom. The average Bonchev–Trinajstić information content (AvgIpc) is 2.83. The normalized spacial score (nSPS) is 12.6. The summed E-state index contributed by atoms with van der Waals surface area (Å²) in [6.45, 7) is 7.49. The van der Waals surface area contributed by atoms with Crippen LogP contribution in [-0.4, -0.2) is 56.0 Å². The van der Waals surface area contributed by atoms with E-state index < -0.39 is 35.9 Å². The highest BCUT2D eigenvalue weighted by atomic mass is 16.6. The smallest absolute Gasteiger partial charge is 0.410 e. The molecule has 0 fully saturated rings. The van der Waals surface area contributed by atoms with Crippen molar-refractivity contribution < 1.29 is 38.1 Å². The van der Waals surface area contributed by atoms with Gasteiger partial charge in [-0.3, -0.25) is 14.9 Å². The van der Waals surface area contributed by atoms with Gasteiger partial charge in [-0.1, -0.05) is 31.9 Å². The molecule has 0 aromatic heterocycles. The van der Waals surface area contributed by atoms with Gasteiger partial charge in [-0.25, -0.2) is 9.59 Å². The third-order valence-electron chi connectivity index (χ3n) is 5.22. The third-order valence-corrected chi connectivity index (χ3v) is 5.22. The molecule has 10 heteroatoms. The molecule has 1 aromatic carbocycles. The number of hydrogen-bond donors (Lipinski definition) is 2. The van der Waals surface area contributed by atoms with Crippen LogP contribution in [0.4, 0.5) is 4.79 Å². The lowest BCUT2D eigenvalue weighted by molar-refractivity contribution is -0.145. The summed E-state index contributed by atoms with van der Waals surface area (Å²) in [6.07, 6.45) is 3.19. The molecule has 10 nitrogen and oxygen atoms in total. The molecule has 37 heavy (non-hydrogen) atoms. The zero-order chi connectivity index (χ0) is 27.8. The first kappa shape index (κ1) is 31.7. The summed E-state index contributed by atoms with van der Waals surface area (Å²) >= 11 is 0. The molecule has 0 aliphatic heterocycles. The zero-order valence-corrected chi connectivity index (χ0v) is 22.9. The standard InChI is InChI=1S/C27H42N2O8/c1-7-8-9-12-23(29-26(33)37-27(2,3)4)36-20-16-14-19(15-17-20)18-21(25(32)35-6)28-22(30)11-10-13-24(31)34-5/h14-17,21,23H,7-13,18H2,1-6H3,(H,28,30)(H,29,33). The van der Waals surface area contributed by atoms with Gasteiger partial charge >= 0.3 is 18.0 Å². The summed E-state index contributed by atoms with van der Waals surface area (Å²) in [7, 11) is 2.54. The number of benzene rings is 1. The first-order valence-electron chi connectivity index (χ1n) is 12.7.